The fourth-order valence-corrected chi connectivity index (χ4v) is 3.61. The van der Waals surface area contributed by atoms with Gasteiger partial charge in [0.15, 0.2) is 4.96 Å². The topological polar surface area (TPSA) is 42.2 Å². The van der Waals surface area contributed by atoms with Crippen molar-refractivity contribution in [2.24, 2.45) is 0 Å². The maximum absolute atomic E-state index is 4.59. The molecule has 1 N–H and O–H groups in total. The summed E-state index contributed by atoms with van der Waals surface area (Å²) in [7, 11) is 0. The van der Waals surface area contributed by atoms with Crippen LogP contribution in [0.5, 0.6) is 0 Å². The zero-order valence-corrected chi connectivity index (χ0v) is 12.6. The van der Waals surface area contributed by atoms with Gasteiger partial charge in [-0.25, -0.2) is 9.97 Å². The summed E-state index contributed by atoms with van der Waals surface area (Å²) >= 11 is 3.45. The van der Waals surface area contributed by atoms with Gasteiger partial charge in [0.05, 0.1) is 16.4 Å². The first-order valence-electron chi connectivity index (χ1n) is 6.27. The van der Waals surface area contributed by atoms with E-state index in [9.17, 15) is 0 Å². The Kier molecular flexibility index (Phi) is 3.63. The lowest BCUT2D eigenvalue weighted by Crippen LogP contribution is -2.18. The summed E-state index contributed by atoms with van der Waals surface area (Å²) in [6.45, 7) is 6.00. The lowest BCUT2D eigenvalue weighted by molar-refractivity contribution is 0.667. The second-order valence-electron chi connectivity index (χ2n) is 4.49. The van der Waals surface area contributed by atoms with Crippen molar-refractivity contribution in [1.29, 1.82) is 0 Å². The molecule has 0 radical (unpaired) electrons. The lowest BCUT2D eigenvalue weighted by atomic mass is 10.3. The molecule has 6 heteroatoms. The van der Waals surface area contributed by atoms with Crippen LogP contribution in [0, 0.1) is 13.8 Å². The molecule has 0 saturated carbocycles. The summed E-state index contributed by atoms with van der Waals surface area (Å²) in [5.74, 6) is 0. The summed E-state index contributed by atoms with van der Waals surface area (Å²) in [5.41, 5.74) is 2.38. The lowest BCUT2D eigenvalue weighted by Gasteiger charge is -2.03. The minimum Gasteiger partial charge on any atom is -0.311 e. The van der Waals surface area contributed by atoms with Crippen LogP contribution in [-0.4, -0.2) is 20.9 Å². The molecule has 0 aromatic carbocycles. The smallest absolute Gasteiger partial charge is 0.194 e. The molecule has 0 amide bonds. The van der Waals surface area contributed by atoms with Crippen molar-refractivity contribution in [1.82, 2.24) is 19.7 Å². The van der Waals surface area contributed by atoms with Crippen LogP contribution in [0.15, 0.2) is 17.8 Å². The third-order valence-electron chi connectivity index (χ3n) is 3.03. The highest BCUT2D eigenvalue weighted by molar-refractivity contribution is 7.17. The number of hydrogen-bond donors (Lipinski definition) is 1. The maximum Gasteiger partial charge on any atom is 0.194 e. The predicted molar refractivity (Wildman–Crippen MR) is 80.1 cm³/mol. The normalized spacial score (nSPS) is 11.5. The average Bonchev–Trinajstić information content (AvgIpc) is 3.03. The molecule has 3 heterocycles. The highest BCUT2D eigenvalue weighted by atomic mass is 32.1. The molecule has 3 aromatic heterocycles. The van der Waals surface area contributed by atoms with E-state index in [1.54, 1.807) is 22.7 Å². The molecule has 0 saturated heterocycles. The predicted octanol–water partition coefficient (Wildman–Crippen LogP) is 2.80. The van der Waals surface area contributed by atoms with Crippen molar-refractivity contribution in [2.75, 3.05) is 6.54 Å². The zero-order valence-electron chi connectivity index (χ0n) is 11.0. The van der Waals surface area contributed by atoms with Crippen LogP contribution in [0.3, 0.4) is 0 Å². The molecule has 0 aliphatic carbocycles. The molecule has 0 bridgehead atoms. The Morgan fingerprint density at radius 2 is 2.26 bits per heavy atom. The fraction of sp³-hybridized carbons (Fsp3) is 0.385. The quantitative estimate of drug-likeness (QED) is 0.735. The third kappa shape index (κ3) is 2.70. The summed E-state index contributed by atoms with van der Waals surface area (Å²) in [5, 5.41) is 6.69. The zero-order chi connectivity index (χ0) is 13.2. The van der Waals surface area contributed by atoms with Gasteiger partial charge in [-0.15, -0.1) is 22.7 Å². The van der Waals surface area contributed by atoms with Gasteiger partial charge in [0.1, 0.15) is 0 Å². The molecule has 100 valence electrons. The van der Waals surface area contributed by atoms with Gasteiger partial charge in [-0.05, 0) is 13.8 Å². The second-order valence-corrected chi connectivity index (χ2v) is 6.68. The van der Waals surface area contributed by atoms with Crippen LogP contribution in [0.4, 0.5) is 0 Å². The molecule has 0 fully saturated rings. The molecule has 19 heavy (non-hydrogen) atoms. The number of nitrogens with one attached hydrogen (secondary N) is 1. The van der Waals surface area contributed by atoms with Crippen molar-refractivity contribution in [2.45, 2.75) is 26.8 Å². The largest absolute Gasteiger partial charge is 0.311 e. The monoisotopic (exact) mass is 292 g/mol. The molecule has 0 aliphatic heterocycles. The van der Waals surface area contributed by atoms with Crippen LogP contribution in [0.1, 0.15) is 21.3 Å². The highest BCUT2D eigenvalue weighted by Crippen LogP contribution is 2.20. The van der Waals surface area contributed by atoms with E-state index in [1.807, 2.05) is 11.6 Å². The van der Waals surface area contributed by atoms with Crippen LogP contribution in [-0.2, 0) is 13.0 Å². The Bertz CT molecular complexity index is 666. The van der Waals surface area contributed by atoms with E-state index in [4.69, 9.17) is 0 Å². The number of imidazole rings is 1. The Labute approximate surface area is 120 Å². The van der Waals surface area contributed by atoms with Crippen molar-refractivity contribution in [3.05, 3.63) is 39.0 Å². The van der Waals surface area contributed by atoms with Gasteiger partial charge in [-0.1, -0.05) is 0 Å². The van der Waals surface area contributed by atoms with E-state index in [2.05, 4.69) is 39.7 Å². The van der Waals surface area contributed by atoms with Gasteiger partial charge in [0.25, 0.3) is 0 Å². The molecule has 4 nitrogen and oxygen atoms in total. The van der Waals surface area contributed by atoms with Crippen LogP contribution < -0.4 is 5.32 Å². The van der Waals surface area contributed by atoms with E-state index >= 15 is 0 Å². The first-order valence-corrected chi connectivity index (χ1v) is 7.96. The number of hydrogen-bond acceptors (Lipinski definition) is 5. The number of nitrogens with zero attached hydrogens (tertiary/aromatic N) is 3. The number of rotatable bonds is 5. The fourth-order valence-electron chi connectivity index (χ4n) is 2.10. The van der Waals surface area contributed by atoms with Crippen LogP contribution >= 0.6 is 22.7 Å². The highest BCUT2D eigenvalue weighted by Gasteiger charge is 2.10. The van der Waals surface area contributed by atoms with Crippen molar-refractivity contribution < 1.29 is 0 Å². The Morgan fingerprint density at radius 1 is 1.37 bits per heavy atom. The molecule has 0 unspecified atom stereocenters. The van der Waals surface area contributed by atoms with Crippen LogP contribution in [0.2, 0.25) is 0 Å². The van der Waals surface area contributed by atoms with Gasteiger partial charge < -0.3 is 5.32 Å². The number of aromatic nitrogens is 3. The van der Waals surface area contributed by atoms with Gasteiger partial charge in [-0.3, -0.25) is 4.40 Å². The van der Waals surface area contributed by atoms with E-state index < -0.39 is 0 Å². The number of fused-ring (bicyclic) bond motifs is 1. The minimum absolute atomic E-state index is 0.856. The number of aryl methyl sites for hydroxylation is 2. The average molecular weight is 292 g/mol. The Balaban J connectivity index is 1.63. The molecule has 0 aliphatic rings. The molecule has 3 rings (SSSR count). The first-order chi connectivity index (χ1) is 9.24. The first kappa shape index (κ1) is 12.8. The maximum atomic E-state index is 4.59. The van der Waals surface area contributed by atoms with Gasteiger partial charge in [-0.2, -0.15) is 0 Å². The van der Waals surface area contributed by atoms with E-state index in [1.165, 1.54) is 15.6 Å². The minimum atomic E-state index is 0.856. The Morgan fingerprint density at radius 3 is 3.05 bits per heavy atom. The Hall–Kier alpha value is -1.24. The number of thiazole rings is 2. The van der Waals surface area contributed by atoms with Gasteiger partial charge >= 0.3 is 0 Å². The second kappa shape index (κ2) is 5.40. The molecular formula is C13H16N4S2. The molecule has 0 atom stereocenters. The van der Waals surface area contributed by atoms with Crippen molar-refractivity contribution >= 4 is 27.6 Å². The van der Waals surface area contributed by atoms with E-state index in [-0.39, 0.29) is 0 Å². The van der Waals surface area contributed by atoms with Crippen LogP contribution in [0.25, 0.3) is 4.96 Å². The molecular weight excluding hydrogens is 276 g/mol. The van der Waals surface area contributed by atoms with Crippen molar-refractivity contribution in [3.8, 4) is 0 Å². The van der Waals surface area contributed by atoms with Gasteiger partial charge in [0.2, 0.25) is 0 Å². The SMILES string of the molecule is Cc1cn2c(CNCCc3nccs3)c(C)nc2s1. The van der Waals surface area contributed by atoms with Gasteiger partial charge in [0, 0.05) is 42.2 Å². The van der Waals surface area contributed by atoms with E-state index in [0.29, 0.717) is 0 Å². The van der Waals surface area contributed by atoms with E-state index in [0.717, 1.165) is 30.2 Å². The standard InChI is InChI=1S/C13H16N4S2/c1-9-8-17-11(10(2)16-13(17)19-9)7-14-4-3-12-15-5-6-18-12/h5-6,8,14H,3-4,7H2,1-2H3. The summed E-state index contributed by atoms with van der Waals surface area (Å²) < 4.78 is 2.20. The molecule has 3 aromatic rings. The summed E-state index contributed by atoms with van der Waals surface area (Å²) in [6, 6.07) is 0. The summed E-state index contributed by atoms with van der Waals surface area (Å²) in [4.78, 5) is 11.3. The van der Waals surface area contributed by atoms with Crippen molar-refractivity contribution in [3.63, 3.8) is 0 Å². The third-order valence-corrected chi connectivity index (χ3v) is 4.77. The molecule has 0 spiro atoms. The summed E-state index contributed by atoms with van der Waals surface area (Å²) in [6.07, 6.45) is 5.01.